The highest BCUT2D eigenvalue weighted by molar-refractivity contribution is 9.10. The molecular formula is C7H6Br2N2O3S. The molecule has 0 unspecified atom stereocenters. The third-order valence-electron chi connectivity index (χ3n) is 1.60. The molecule has 0 saturated heterocycles. The Morgan fingerprint density at radius 2 is 2.00 bits per heavy atom. The summed E-state index contributed by atoms with van der Waals surface area (Å²) in [4.78, 5) is 2.54. The minimum Gasteiger partial charge on any atom is -1.00 e. The van der Waals surface area contributed by atoms with Crippen molar-refractivity contribution in [1.82, 2.24) is 0 Å². The Balaban J connectivity index is 0.00000196. The van der Waals surface area contributed by atoms with Crippen molar-refractivity contribution in [2.24, 2.45) is 0 Å². The number of nitrogens with zero attached hydrogens (tertiary/aromatic N) is 2. The Bertz CT molecular complexity index is 522. The average molecular weight is 358 g/mol. The van der Waals surface area contributed by atoms with Gasteiger partial charge in [-0.25, -0.2) is 0 Å². The van der Waals surface area contributed by atoms with E-state index in [0.29, 0.717) is 5.56 Å². The van der Waals surface area contributed by atoms with E-state index in [-0.39, 0.29) is 32.0 Å². The minimum atomic E-state index is -4.31. The molecule has 0 aliphatic rings. The molecule has 0 spiro atoms. The van der Waals surface area contributed by atoms with Crippen molar-refractivity contribution < 1.29 is 30.0 Å². The lowest BCUT2D eigenvalue weighted by molar-refractivity contribution is -0.00000718. The fourth-order valence-corrected chi connectivity index (χ4v) is 2.46. The van der Waals surface area contributed by atoms with Crippen molar-refractivity contribution in [2.45, 2.75) is 11.8 Å². The molecule has 0 saturated carbocycles. The molecule has 8 heteroatoms. The highest BCUT2D eigenvalue weighted by Gasteiger charge is 2.21. The lowest BCUT2D eigenvalue weighted by Gasteiger charge is -2.01. The van der Waals surface area contributed by atoms with Gasteiger partial charge >= 0.3 is 5.69 Å². The van der Waals surface area contributed by atoms with Crippen molar-refractivity contribution in [2.75, 3.05) is 0 Å². The maximum absolute atomic E-state index is 10.9. The standard InChI is InChI=1S/C7H5BrN2O3S.BrH/c1-4-2-5(10-9)3-6(7(4)8)14(11,12)13;/h2-3H,1H3;1H. The summed E-state index contributed by atoms with van der Waals surface area (Å²) in [6, 6.07) is 2.53. The smallest absolute Gasteiger partial charge is 0.386 e. The van der Waals surface area contributed by atoms with Crippen LogP contribution in [0.1, 0.15) is 5.56 Å². The molecule has 1 aromatic carbocycles. The van der Waals surface area contributed by atoms with Crippen LogP contribution in [0.2, 0.25) is 0 Å². The van der Waals surface area contributed by atoms with Gasteiger partial charge in [0.2, 0.25) is 5.39 Å². The molecule has 0 radical (unpaired) electrons. The molecule has 0 aliphatic carbocycles. The van der Waals surface area contributed by atoms with Crippen molar-refractivity contribution in [1.29, 1.82) is 5.39 Å². The van der Waals surface area contributed by atoms with Gasteiger partial charge in [0.1, 0.15) is 4.90 Å². The van der Waals surface area contributed by atoms with Crippen LogP contribution in [0, 0.1) is 12.3 Å². The quantitative estimate of drug-likeness (QED) is 0.542. The monoisotopic (exact) mass is 356 g/mol. The second-order valence-corrected chi connectivity index (χ2v) is 4.83. The first-order valence-electron chi connectivity index (χ1n) is 3.49. The van der Waals surface area contributed by atoms with Crippen molar-refractivity contribution in [3.63, 3.8) is 0 Å². The predicted molar refractivity (Wildman–Crippen MR) is 53.4 cm³/mol. The number of hydrogen-bond acceptors (Lipinski definition) is 3. The van der Waals surface area contributed by atoms with Crippen LogP contribution in [-0.2, 0) is 10.1 Å². The lowest BCUT2D eigenvalue weighted by Crippen LogP contribution is -3.00. The van der Waals surface area contributed by atoms with Crippen LogP contribution in [0.4, 0.5) is 5.69 Å². The Labute approximate surface area is 106 Å². The Hall–Kier alpha value is -0.490. The van der Waals surface area contributed by atoms with E-state index in [1.807, 2.05) is 0 Å². The summed E-state index contributed by atoms with van der Waals surface area (Å²) in [5.74, 6) is 0. The maximum atomic E-state index is 10.9. The third-order valence-corrected chi connectivity index (χ3v) is 3.79. The summed E-state index contributed by atoms with van der Waals surface area (Å²) < 4.78 is 30.8. The average Bonchev–Trinajstić information content (AvgIpc) is 2.07. The van der Waals surface area contributed by atoms with Crippen LogP contribution in [0.25, 0.3) is 4.98 Å². The molecule has 0 heterocycles. The first kappa shape index (κ1) is 14.5. The SMILES string of the molecule is Cc1cc([N+]#N)cc(S(=O)(=O)O)c1Br.[Br-]. The van der Waals surface area contributed by atoms with E-state index in [4.69, 9.17) is 9.95 Å². The number of halogens is 2. The van der Waals surface area contributed by atoms with E-state index in [0.717, 1.165) is 6.07 Å². The van der Waals surface area contributed by atoms with E-state index in [2.05, 4.69) is 20.9 Å². The first-order valence-corrected chi connectivity index (χ1v) is 5.72. The van der Waals surface area contributed by atoms with E-state index in [9.17, 15) is 8.42 Å². The van der Waals surface area contributed by atoms with Crippen LogP contribution in [0.15, 0.2) is 21.5 Å². The number of diazo groups is 1. The van der Waals surface area contributed by atoms with Crippen molar-refractivity contribution in [3.8, 4) is 0 Å². The molecule has 0 fully saturated rings. The van der Waals surface area contributed by atoms with Gasteiger partial charge < -0.3 is 17.0 Å². The predicted octanol–water partition coefficient (Wildman–Crippen LogP) is -0.507. The summed E-state index contributed by atoms with van der Waals surface area (Å²) in [6.07, 6.45) is 0. The first-order chi connectivity index (χ1) is 6.36. The van der Waals surface area contributed by atoms with Crippen LogP contribution < -0.4 is 17.0 Å². The number of benzene rings is 1. The summed E-state index contributed by atoms with van der Waals surface area (Å²) in [7, 11) is -4.31. The molecule has 1 aromatic rings. The molecule has 5 nitrogen and oxygen atoms in total. The lowest BCUT2D eigenvalue weighted by atomic mass is 10.2. The fraction of sp³-hybridized carbons (Fsp3) is 0.143. The fourth-order valence-electron chi connectivity index (χ4n) is 0.964. The van der Waals surface area contributed by atoms with Crippen LogP contribution >= 0.6 is 15.9 Å². The van der Waals surface area contributed by atoms with E-state index in [1.165, 1.54) is 6.07 Å². The van der Waals surface area contributed by atoms with Gasteiger partial charge in [0.05, 0.1) is 6.07 Å². The Morgan fingerprint density at radius 3 is 2.40 bits per heavy atom. The van der Waals surface area contributed by atoms with Gasteiger partial charge in [0.15, 0.2) is 4.98 Å². The molecule has 1 N–H and O–H groups in total. The molecule has 0 aliphatic heterocycles. The topological polar surface area (TPSA) is 82.5 Å². The van der Waals surface area contributed by atoms with E-state index in [1.54, 1.807) is 6.92 Å². The molecular weight excluding hydrogens is 352 g/mol. The van der Waals surface area contributed by atoms with Crippen LogP contribution in [0.5, 0.6) is 0 Å². The van der Waals surface area contributed by atoms with Crippen LogP contribution in [-0.4, -0.2) is 13.0 Å². The molecule has 0 atom stereocenters. The van der Waals surface area contributed by atoms with Gasteiger partial charge in [-0.2, -0.15) is 8.42 Å². The molecule has 0 bridgehead atoms. The summed E-state index contributed by atoms with van der Waals surface area (Å²) in [5.41, 5.74) is 0.617. The Morgan fingerprint density at radius 1 is 1.47 bits per heavy atom. The zero-order valence-electron chi connectivity index (χ0n) is 7.48. The van der Waals surface area contributed by atoms with Crippen LogP contribution in [0.3, 0.4) is 0 Å². The molecule has 82 valence electrons. The Kier molecular flexibility index (Phi) is 4.86. The number of aryl methyl sites for hydroxylation is 1. The third kappa shape index (κ3) is 3.24. The molecule has 15 heavy (non-hydrogen) atoms. The second-order valence-electron chi connectivity index (χ2n) is 2.65. The zero-order valence-corrected chi connectivity index (χ0v) is 11.5. The maximum Gasteiger partial charge on any atom is 0.386 e. The summed E-state index contributed by atoms with van der Waals surface area (Å²) in [5, 5.41) is 8.48. The summed E-state index contributed by atoms with van der Waals surface area (Å²) in [6.45, 7) is 1.62. The van der Waals surface area contributed by atoms with E-state index >= 15 is 0 Å². The zero-order chi connectivity index (χ0) is 10.9. The van der Waals surface area contributed by atoms with Gasteiger partial charge in [-0.3, -0.25) is 4.55 Å². The van der Waals surface area contributed by atoms with Crippen molar-refractivity contribution >= 4 is 31.7 Å². The molecule has 0 amide bonds. The number of hydrogen-bond donors (Lipinski definition) is 1. The summed E-state index contributed by atoms with van der Waals surface area (Å²) >= 11 is 3.02. The van der Waals surface area contributed by atoms with Crippen molar-refractivity contribution in [3.05, 3.63) is 27.1 Å². The second kappa shape index (κ2) is 5.03. The molecule has 1 rings (SSSR count). The molecule has 0 aromatic heterocycles. The largest absolute Gasteiger partial charge is 1.00 e. The van der Waals surface area contributed by atoms with E-state index < -0.39 is 10.1 Å². The van der Waals surface area contributed by atoms with Gasteiger partial charge in [-0.15, -0.1) is 0 Å². The normalized spacial score (nSPS) is 10.3. The van der Waals surface area contributed by atoms with Gasteiger partial charge in [0.25, 0.3) is 10.1 Å². The highest BCUT2D eigenvalue weighted by atomic mass is 79.9. The van der Waals surface area contributed by atoms with Gasteiger partial charge in [-0.05, 0) is 28.4 Å². The minimum absolute atomic E-state index is 0. The van der Waals surface area contributed by atoms with Gasteiger partial charge in [0, 0.05) is 10.5 Å². The van der Waals surface area contributed by atoms with Gasteiger partial charge in [-0.1, -0.05) is 0 Å². The highest BCUT2D eigenvalue weighted by Crippen LogP contribution is 2.30. The number of rotatable bonds is 1.